The zero-order valence-electron chi connectivity index (χ0n) is 31.4. The molecule has 0 aliphatic heterocycles. The van der Waals surface area contributed by atoms with Crippen molar-refractivity contribution in [1.82, 2.24) is 8.97 Å². The van der Waals surface area contributed by atoms with Gasteiger partial charge in [-0.25, -0.2) is 0 Å². The number of furan rings is 1. The Morgan fingerprint density at radius 3 is 2.07 bits per heavy atom. The molecule has 0 N–H and O–H groups in total. The lowest BCUT2D eigenvalue weighted by atomic mass is 9.91. The van der Waals surface area contributed by atoms with Crippen molar-refractivity contribution in [3.05, 3.63) is 192 Å². The second-order valence-corrected chi connectivity index (χ2v) is 15.5. The summed E-state index contributed by atoms with van der Waals surface area (Å²) in [6.45, 7) is 0. The summed E-state index contributed by atoms with van der Waals surface area (Å²) in [4.78, 5) is 14.4. The number of nitriles is 1. The number of rotatable bonds is 3. The molecule has 0 saturated heterocycles. The average molecular weight is 752 g/mol. The Balaban J connectivity index is 1.05. The zero-order valence-corrected chi connectivity index (χ0v) is 31.4. The molecule has 0 amide bonds. The number of nitrogens with zero attached hydrogens (tertiary/aromatic N) is 3. The fourth-order valence-corrected chi connectivity index (χ4v) is 9.94. The molecule has 13 aromatic rings. The minimum absolute atomic E-state index is 0.0224. The second-order valence-electron chi connectivity index (χ2n) is 15.5. The molecular formula is C54H29N3O2. The zero-order chi connectivity index (χ0) is 38.9. The van der Waals surface area contributed by atoms with E-state index in [0.717, 1.165) is 104 Å². The third-order valence-corrected chi connectivity index (χ3v) is 12.5. The van der Waals surface area contributed by atoms with E-state index in [9.17, 15) is 10.1 Å². The lowest BCUT2D eigenvalue weighted by Gasteiger charge is -2.15. The first kappa shape index (κ1) is 31.9. The van der Waals surface area contributed by atoms with Crippen LogP contribution in [0.4, 0.5) is 0 Å². The van der Waals surface area contributed by atoms with Gasteiger partial charge in [0.05, 0.1) is 33.7 Å². The van der Waals surface area contributed by atoms with Gasteiger partial charge in [0.25, 0.3) is 5.56 Å². The number of pyridine rings is 1. The number of benzene rings is 9. The summed E-state index contributed by atoms with van der Waals surface area (Å²) in [5.41, 5.74) is 11.8. The van der Waals surface area contributed by atoms with Crippen LogP contribution in [-0.4, -0.2) is 8.97 Å². The summed E-state index contributed by atoms with van der Waals surface area (Å²) >= 11 is 0. The molecule has 9 aromatic carbocycles. The average Bonchev–Trinajstić information content (AvgIpc) is 3.95. The Labute approximate surface area is 335 Å². The van der Waals surface area contributed by atoms with Crippen LogP contribution in [0.5, 0.6) is 0 Å². The van der Waals surface area contributed by atoms with Gasteiger partial charge in [-0.2, -0.15) is 5.26 Å². The van der Waals surface area contributed by atoms with E-state index in [0.29, 0.717) is 10.9 Å². The number of aromatic nitrogens is 2. The SMILES string of the molecule is N#Cc1ccc(-c2ccc3c(c2)c2ccc(-c4cccc5cc(-n6c7ccccc7c7c8c(ccc76)oc6ccccc68)ccc45)c4c5ccccc5c(=O)n3c24)cc1. The molecule has 5 heteroatoms. The van der Waals surface area contributed by atoms with Crippen molar-refractivity contribution in [2.24, 2.45) is 0 Å². The van der Waals surface area contributed by atoms with Crippen LogP contribution in [0.15, 0.2) is 185 Å². The topological polar surface area (TPSA) is 63.3 Å². The molecule has 0 aliphatic rings. The maximum absolute atomic E-state index is 14.4. The Morgan fingerprint density at radius 1 is 0.458 bits per heavy atom. The maximum atomic E-state index is 14.4. The van der Waals surface area contributed by atoms with Gasteiger partial charge in [-0.3, -0.25) is 9.20 Å². The van der Waals surface area contributed by atoms with E-state index in [1.165, 1.54) is 10.8 Å². The van der Waals surface area contributed by atoms with Crippen molar-refractivity contribution < 1.29 is 4.42 Å². The fourth-order valence-electron chi connectivity index (χ4n) is 9.94. The Kier molecular flexibility index (Phi) is 6.32. The van der Waals surface area contributed by atoms with Crippen LogP contribution < -0.4 is 5.56 Å². The highest BCUT2D eigenvalue weighted by atomic mass is 16.3. The third kappa shape index (κ3) is 4.29. The summed E-state index contributed by atoms with van der Waals surface area (Å²) < 4.78 is 10.6. The quantitative estimate of drug-likeness (QED) is 0.169. The molecule has 0 fully saturated rings. The van der Waals surface area contributed by atoms with Crippen molar-refractivity contribution >= 4 is 92.5 Å². The van der Waals surface area contributed by atoms with Gasteiger partial charge in [0, 0.05) is 48.8 Å². The summed E-state index contributed by atoms with van der Waals surface area (Å²) in [6, 6.07) is 63.1. The lowest BCUT2D eigenvalue weighted by molar-refractivity contribution is 0.669. The molecule has 0 bridgehead atoms. The van der Waals surface area contributed by atoms with Gasteiger partial charge < -0.3 is 8.98 Å². The van der Waals surface area contributed by atoms with Crippen LogP contribution in [0.25, 0.3) is 120 Å². The minimum Gasteiger partial charge on any atom is -0.456 e. The molecule has 5 nitrogen and oxygen atoms in total. The van der Waals surface area contributed by atoms with Crippen LogP contribution >= 0.6 is 0 Å². The van der Waals surface area contributed by atoms with E-state index in [-0.39, 0.29) is 5.56 Å². The first-order valence-electron chi connectivity index (χ1n) is 19.8. The van der Waals surface area contributed by atoms with Crippen LogP contribution in [0.2, 0.25) is 0 Å². The monoisotopic (exact) mass is 751 g/mol. The first-order valence-corrected chi connectivity index (χ1v) is 19.8. The number of hydrogen-bond donors (Lipinski definition) is 0. The Hall–Kier alpha value is -8.20. The number of para-hydroxylation sites is 2. The summed E-state index contributed by atoms with van der Waals surface area (Å²) in [5.74, 6) is 0. The molecule has 13 rings (SSSR count). The highest BCUT2D eigenvalue weighted by Gasteiger charge is 2.23. The molecule has 4 heterocycles. The van der Waals surface area contributed by atoms with Gasteiger partial charge in [-0.05, 0) is 105 Å². The van der Waals surface area contributed by atoms with Crippen LogP contribution in [-0.2, 0) is 0 Å². The minimum atomic E-state index is -0.0224. The lowest BCUT2D eigenvalue weighted by Crippen LogP contribution is -2.13. The normalized spacial score (nSPS) is 12.1. The largest absolute Gasteiger partial charge is 0.456 e. The van der Waals surface area contributed by atoms with E-state index in [1.54, 1.807) is 0 Å². The number of fused-ring (bicyclic) bond motifs is 13. The van der Waals surface area contributed by atoms with Gasteiger partial charge in [-0.1, -0.05) is 109 Å². The van der Waals surface area contributed by atoms with Crippen molar-refractivity contribution in [1.29, 1.82) is 5.26 Å². The van der Waals surface area contributed by atoms with Gasteiger partial charge in [0.1, 0.15) is 11.2 Å². The standard InChI is InChI=1S/C54H29N3O2/c55-30-31-16-18-32(19-17-31)33-20-25-46-44(29-33)40-24-23-39(50-38-9-1-2-10-41(38)54(58)57(46)53(40)50)37-13-7-8-34-28-35(21-22-36(34)37)56-45-14-5-3-11-42(45)51-47(56)26-27-49-52(51)43-12-4-6-15-48(43)59-49/h1-29H. The molecule has 272 valence electrons. The smallest absolute Gasteiger partial charge is 0.263 e. The molecule has 0 radical (unpaired) electrons. The van der Waals surface area contributed by atoms with Crippen LogP contribution in [0, 0.1) is 11.3 Å². The van der Waals surface area contributed by atoms with Crippen LogP contribution in [0.1, 0.15) is 5.56 Å². The summed E-state index contributed by atoms with van der Waals surface area (Å²) in [6.07, 6.45) is 0. The summed E-state index contributed by atoms with van der Waals surface area (Å²) in [7, 11) is 0. The fraction of sp³-hybridized carbons (Fsp3) is 0. The predicted octanol–water partition coefficient (Wildman–Crippen LogP) is 13.6. The third-order valence-electron chi connectivity index (χ3n) is 12.5. The highest BCUT2D eigenvalue weighted by Crippen LogP contribution is 2.44. The molecule has 0 aliphatic carbocycles. The molecule has 0 spiro atoms. The molecule has 0 atom stereocenters. The predicted molar refractivity (Wildman–Crippen MR) is 242 cm³/mol. The van der Waals surface area contributed by atoms with Crippen molar-refractivity contribution in [3.8, 4) is 34.0 Å². The van der Waals surface area contributed by atoms with Crippen LogP contribution in [0.3, 0.4) is 0 Å². The number of hydrogen-bond acceptors (Lipinski definition) is 3. The van der Waals surface area contributed by atoms with Gasteiger partial charge in [0.15, 0.2) is 0 Å². The highest BCUT2D eigenvalue weighted by molar-refractivity contribution is 6.28. The maximum Gasteiger partial charge on any atom is 0.263 e. The van der Waals surface area contributed by atoms with E-state index < -0.39 is 0 Å². The van der Waals surface area contributed by atoms with Gasteiger partial charge >= 0.3 is 0 Å². The Morgan fingerprint density at radius 2 is 1.20 bits per heavy atom. The van der Waals surface area contributed by atoms with E-state index >= 15 is 0 Å². The van der Waals surface area contributed by atoms with E-state index in [1.807, 2.05) is 59.0 Å². The first-order chi connectivity index (χ1) is 29.1. The van der Waals surface area contributed by atoms with E-state index in [4.69, 9.17) is 4.42 Å². The van der Waals surface area contributed by atoms with Crippen molar-refractivity contribution in [2.45, 2.75) is 0 Å². The van der Waals surface area contributed by atoms with Gasteiger partial charge in [0.2, 0.25) is 0 Å². The molecule has 59 heavy (non-hydrogen) atoms. The Bertz CT molecular complexity index is 4050. The molecule has 0 saturated carbocycles. The van der Waals surface area contributed by atoms with Gasteiger partial charge in [-0.15, -0.1) is 0 Å². The molecule has 4 aromatic heterocycles. The summed E-state index contributed by atoms with van der Waals surface area (Å²) in [5, 5.41) is 21.0. The molecular weight excluding hydrogens is 723 g/mol. The molecule has 0 unspecified atom stereocenters. The van der Waals surface area contributed by atoms with E-state index in [2.05, 4.69) is 132 Å². The van der Waals surface area contributed by atoms with Crippen molar-refractivity contribution in [2.75, 3.05) is 0 Å². The second kappa shape index (κ2) is 11.7. The van der Waals surface area contributed by atoms with Crippen molar-refractivity contribution in [3.63, 3.8) is 0 Å².